The Morgan fingerprint density at radius 3 is 2.46 bits per heavy atom. The Morgan fingerprint density at radius 2 is 1.74 bits per heavy atom. The zero-order valence-corrected chi connectivity index (χ0v) is 19.9. The smallest absolute Gasteiger partial charge is 0.257 e. The molecule has 0 radical (unpaired) electrons. The monoisotopic (exact) mass is 466 g/mol. The van der Waals surface area contributed by atoms with Crippen LogP contribution in [0.1, 0.15) is 32.9 Å². The first-order valence-corrected chi connectivity index (χ1v) is 11.4. The number of benzene rings is 3. The van der Waals surface area contributed by atoms with E-state index in [1.54, 1.807) is 18.1 Å². The number of ether oxygens (including phenoxy) is 1. The minimum atomic E-state index is -0.128. The molecule has 0 atom stereocenters. The van der Waals surface area contributed by atoms with Gasteiger partial charge in [0, 0.05) is 25.4 Å². The normalized spacial score (nSPS) is 11.1. The van der Waals surface area contributed by atoms with Crippen molar-refractivity contribution < 1.29 is 14.1 Å². The molecule has 5 rings (SSSR count). The lowest BCUT2D eigenvalue weighted by Gasteiger charge is -2.19. The van der Waals surface area contributed by atoms with E-state index >= 15 is 0 Å². The Kier molecular flexibility index (Phi) is 6.06. The maximum absolute atomic E-state index is 13.6. The van der Waals surface area contributed by atoms with Crippen molar-refractivity contribution in [1.29, 1.82) is 0 Å². The number of hydrogen-bond donors (Lipinski definition) is 0. The largest absolute Gasteiger partial charge is 0.488 e. The van der Waals surface area contributed by atoms with Gasteiger partial charge in [-0.1, -0.05) is 47.6 Å². The molecule has 176 valence electrons. The van der Waals surface area contributed by atoms with E-state index in [0.717, 1.165) is 33.3 Å². The van der Waals surface area contributed by atoms with Gasteiger partial charge in [0.15, 0.2) is 0 Å². The summed E-state index contributed by atoms with van der Waals surface area (Å²) in [5, 5.41) is 10.4. The molecule has 35 heavy (non-hydrogen) atoms. The molecule has 3 aromatic carbocycles. The van der Waals surface area contributed by atoms with Crippen LogP contribution in [0.4, 0.5) is 0 Å². The fourth-order valence-corrected chi connectivity index (χ4v) is 4.08. The number of carbonyl (C=O) groups excluding carboxylic acids is 1. The summed E-state index contributed by atoms with van der Waals surface area (Å²) in [6, 6.07) is 21.6. The topological polar surface area (TPSA) is 73.4 Å². The van der Waals surface area contributed by atoms with Gasteiger partial charge in [-0.3, -0.25) is 4.79 Å². The lowest BCUT2D eigenvalue weighted by molar-refractivity contribution is 0.0780. The van der Waals surface area contributed by atoms with Gasteiger partial charge in [-0.2, -0.15) is 5.10 Å². The summed E-state index contributed by atoms with van der Waals surface area (Å²) in [5.74, 6) is 1.11. The Bertz CT molecular complexity index is 1470. The van der Waals surface area contributed by atoms with Crippen LogP contribution in [0.25, 0.3) is 16.5 Å². The molecule has 2 aromatic heterocycles. The standard InChI is InChI=1S/C28H26N4O3/c1-19-26(20(2)35-30-19)18-34-27-14-23-10-8-7-9-22(23)13-25(27)28(33)31(3)16-21-15-29-32(17-21)24-11-5-4-6-12-24/h4-15,17H,16,18H2,1-3H3. The molecule has 0 saturated heterocycles. The van der Waals surface area contributed by atoms with E-state index in [1.165, 1.54) is 0 Å². The number of aryl methyl sites for hydroxylation is 2. The summed E-state index contributed by atoms with van der Waals surface area (Å²) in [7, 11) is 1.79. The van der Waals surface area contributed by atoms with E-state index in [9.17, 15) is 4.79 Å². The predicted octanol–water partition coefficient (Wildman–Crippen LogP) is 5.48. The van der Waals surface area contributed by atoms with Crippen LogP contribution in [0.2, 0.25) is 0 Å². The zero-order valence-electron chi connectivity index (χ0n) is 19.9. The molecule has 0 aliphatic carbocycles. The number of nitrogens with zero attached hydrogens (tertiary/aromatic N) is 4. The summed E-state index contributed by atoms with van der Waals surface area (Å²) in [5.41, 5.74) is 4.08. The minimum absolute atomic E-state index is 0.128. The van der Waals surface area contributed by atoms with Gasteiger partial charge < -0.3 is 14.2 Å². The maximum atomic E-state index is 13.6. The number of rotatable bonds is 7. The first-order chi connectivity index (χ1) is 17.0. The number of carbonyl (C=O) groups is 1. The number of aromatic nitrogens is 3. The lowest BCUT2D eigenvalue weighted by Crippen LogP contribution is -2.26. The Hall–Kier alpha value is -4.39. The van der Waals surface area contributed by atoms with Crippen molar-refractivity contribution in [3.8, 4) is 11.4 Å². The van der Waals surface area contributed by atoms with Crippen LogP contribution in [0.5, 0.6) is 5.75 Å². The molecule has 2 heterocycles. The summed E-state index contributed by atoms with van der Waals surface area (Å²) in [4.78, 5) is 15.3. The molecule has 0 fully saturated rings. The lowest BCUT2D eigenvalue weighted by atomic mass is 10.0. The molecule has 0 spiro atoms. The highest BCUT2D eigenvalue weighted by Gasteiger charge is 2.20. The fraction of sp³-hybridized carbons (Fsp3) is 0.179. The van der Waals surface area contributed by atoms with Crippen molar-refractivity contribution >= 4 is 16.7 Å². The van der Waals surface area contributed by atoms with Gasteiger partial charge in [-0.25, -0.2) is 4.68 Å². The van der Waals surface area contributed by atoms with E-state index in [4.69, 9.17) is 9.26 Å². The van der Waals surface area contributed by atoms with E-state index in [0.29, 0.717) is 23.6 Å². The van der Waals surface area contributed by atoms with Gasteiger partial charge in [-0.05, 0) is 48.9 Å². The van der Waals surface area contributed by atoms with E-state index in [2.05, 4.69) is 10.3 Å². The predicted molar refractivity (Wildman–Crippen MR) is 134 cm³/mol. The van der Waals surface area contributed by atoms with Crippen LogP contribution in [0.15, 0.2) is 83.6 Å². The second kappa shape index (κ2) is 9.46. The number of para-hydroxylation sites is 1. The molecule has 0 saturated carbocycles. The Morgan fingerprint density at radius 1 is 1.03 bits per heavy atom. The highest BCUT2D eigenvalue weighted by Crippen LogP contribution is 2.29. The van der Waals surface area contributed by atoms with Crippen molar-refractivity contribution in [2.75, 3.05) is 7.05 Å². The molecule has 0 aliphatic rings. The van der Waals surface area contributed by atoms with Gasteiger partial charge in [0.25, 0.3) is 5.91 Å². The summed E-state index contributed by atoms with van der Waals surface area (Å²) < 4.78 is 13.2. The van der Waals surface area contributed by atoms with Crippen molar-refractivity contribution in [2.45, 2.75) is 27.0 Å². The summed E-state index contributed by atoms with van der Waals surface area (Å²) >= 11 is 0. The average Bonchev–Trinajstić information content (AvgIpc) is 3.48. The molecular weight excluding hydrogens is 440 g/mol. The third-order valence-corrected chi connectivity index (χ3v) is 6.05. The molecule has 0 unspecified atom stereocenters. The van der Waals surface area contributed by atoms with E-state index in [1.807, 2.05) is 91.5 Å². The van der Waals surface area contributed by atoms with E-state index in [-0.39, 0.29) is 12.5 Å². The summed E-state index contributed by atoms with van der Waals surface area (Å²) in [6.45, 7) is 4.43. The molecule has 7 nitrogen and oxygen atoms in total. The maximum Gasteiger partial charge on any atom is 0.257 e. The second-order valence-corrected chi connectivity index (χ2v) is 8.58. The second-order valence-electron chi connectivity index (χ2n) is 8.58. The number of fused-ring (bicyclic) bond motifs is 1. The fourth-order valence-electron chi connectivity index (χ4n) is 4.08. The van der Waals surface area contributed by atoms with Gasteiger partial charge in [0.2, 0.25) is 0 Å². The molecule has 1 amide bonds. The quantitative estimate of drug-likeness (QED) is 0.317. The molecular formula is C28H26N4O3. The number of hydrogen-bond acceptors (Lipinski definition) is 5. The van der Waals surface area contributed by atoms with Crippen molar-refractivity contribution in [3.05, 3.63) is 107 Å². The average molecular weight is 467 g/mol. The molecule has 0 bridgehead atoms. The molecule has 0 N–H and O–H groups in total. The van der Waals surface area contributed by atoms with Crippen molar-refractivity contribution in [2.24, 2.45) is 0 Å². The van der Waals surface area contributed by atoms with Crippen LogP contribution < -0.4 is 4.74 Å². The number of amides is 1. The third kappa shape index (κ3) is 4.66. The Labute approximate surface area is 203 Å². The minimum Gasteiger partial charge on any atom is -0.488 e. The first kappa shape index (κ1) is 22.4. The SMILES string of the molecule is Cc1noc(C)c1COc1cc2ccccc2cc1C(=O)N(C)Cc1cnn(-c2ccccc2)c1. The highest BCUT2D eigenvalue weighted by molar-refractivity contribution is 6.01. The zero-order chi connectivity index (χ0) is 24.4. The van der Waals surface area contributed by atoms with Gasteiger partial charge in [-0.15, -0.1) is 0 Å². The van der Waals surface area contributed by atoms with Crippen molar-refractivity contribution in [3.63, 3.8) is 0 Å². The van der Waals surface area contributed by atoms with Crippen molar-refractivity contribution in [1.82, 2.24) is 19.8 Å². The first-order valence-electron chi connectivity index (χ1n) is 11.4. The van der Waals surface area contributed by atoms with Crippen LogP contribution in [0, 0.1) is 13.8 Å². The Balaban J connectivity index is 1.40. The van der Waals surface area contributed by atoms with Gasteiger partial charge in [0.05, 0.1) is 28.7 Å². The van der Waals surface area contributed by atoms with Crippen LogP contribution in [-0.2, 0) is 13.2 Å². The third-order valence-electron chi connectivity index (χ3n) is 6.05. The molecule has 0 aliphatic heterocycles. The van der Waals surface area contributed by atoms with Gasteiger partial charge in [0.1, 0.15) is 18.1 Å². The van der Waals surface area contributed by atoms with Crippen LogP contribution in [0.3, 0.4) is 0 Å². The molecule has 7 heteroatoms. The highest BCUT2D eigenvalue weighted by atomic mass is 16.5. The van der Waals surface area contributed by atoms with Crippen LogP contribution >= 0.6 is 0 Å². The molecule has 5 aromatic rings. The summed E-state index contributed by atoms with van der Waals surface area (Å²) in [6.07, 6.45) is 3.72. The van der Waals surface area contributed by atoms with Gasteiger partial charge >= 0.3 is 0 Å². The van der Waals surface area contributed by atoms with Crippen LogP contribution in [-0.4, -0.2) is 32.8 Å². The van der Waals surface area contributed by atoms with E-state index < -0.39 is 0 Å².